The summed E-state index contributed by atoms with van der Waals surface area (Å²) < 4.78 is 5.13. The van der Waals surface area contributed by atoms with E-state index >= 15 is 0 Å². The lowest BCUT2D eigenvalue weighted by Gasteiger charge is -2.20. The molecule has 1 saturated heterocycles. The summed E-state index contributed by atoms with van der Waals surface area (Å²) in [6.45, 7) is 2.54. The highest BCUT2D eigenvalue weighted by atomic mass is 16.5. The van der Waals surface area contributed by atoms with E-state index in [0.29, 0.717) is 18.0 Å². The number of hydrogen-bond donors (Lipinski definition) is 0. The maximum Gasteiger partial charge on any atom is 0.263 e. The molecule has 1 fully saturated rings. The van der Waals surface area contributed by atoms with Gasteiger partial charge in [0.05, 0.1) is 19.3 Å². The van der Waals surface area contributed by atoms with Crippen LogP contribution in [0.3, 0.4) is 0 Å². The molecule has 138 valence electrons. The molecule has 0 bridgehead atoms. The van der Waals surface area contributed by atoms with Crippen LogP contribution in [0.5, 0.6) is 5.75 Å². The second-order valence-electron chi connectivity index (χ2n) is 6.57. The number of amides is 2. The summed E-state index contributed by atoms with van der Waals surface area (Å²) in [5.74, 6) is 0.0166. The van der Waals surface area contributed by atoms with Crippen molar-refractivity contribution in [2.45, 2.75) is 32.0 Å². The molecule has 2 aromatic carbocycles. The first kappa shape index (κ1) is 17.2. The van der Waals surface area contributed by atoms with Gasteiger partial charge in [0.25, 0.3) is 11.8 Å². The summed E-state index contributed by atoms with van der Waals surface area (Å²) in [6.07, 6.45) is 0.970. The van der Waals surface area contributed by atoms with Crippen LogP contribution in [0.25, 0.3) is 0 Å². The zero-order valence-corrected chi connectivity index (χ0v) is 15.2. The van der Waals surface area contributed by atoms with E-state index < -0.39 is 12.1 Å². The molecule has 0 aliphatic carbocycles. The number of hydrogen-bond acceptors (Lipinski definition) is 6. The highest BCUT2D eigenvalue weighted by molar-refractivity contribution is 6.25. The van der Waals surface area contributed by atoms with Crippen molar-refractivity contribution in [2.24, 2.45) is 10.3 Å². The monoisotopic (exact) mass is 364 g/mol. The third-order valence-corrected chi connectivity index (χ3v) is 4.96. The molecule has 0 radical (unpaired) electrons. The standard InChI is InChI=1S/C20H20N4O3/c1-3-13-4-6-14(7-5-13)12-23-18-17(21-22-23)19(25)24(20(18)26)15-8-10-16(27-2)11-9-15/h4-11,17-18H,3,12H2,1-2H3/t17-,18-/m1/s1. The number of ether oxygens (including phenoxy) is 1. The van der Waals surface area contributed by atoms with Crippen molar-refractivity contribution < 1.29 is 14.3 Å². The number of fused-ring (bicyclic) bond motifs is 1. The molecule has 2 atom stereocenters. The molecule has 4 rings (SSSR count). The number of imide groups is 1. The van der Waals surface area contributed by atoms with Crippen molar-refractivity contribution in [1.82, 2.24) is 5.01 Å². The number of benzene rings is 2. The Morgan fingerprint density at radius 2 is 1.63 bits per heavy atom. The second-order valence-corrected chi connectivity index (χ2v) is 6.57. The summed E-state index contributed by atoms with van der Waals surface area (Å²) in [7, 11) is 1.57. The van der Waals surface area contributed by atoms with Gasteiger partial charge in [-0.2, -0.15) is 5.11 Å². The lowest BCUT2D eigenvalue weighted by molar-refractivity contribution is -0.123. The molecule has 0 spiro atoms. The maximum atomic E-state index is 13.0. The number of carbonyl (C=O) groups excluding carboxylic acids is 2. The molecule has 2 aliphatic rings. The molecule has 0 unspecified atom stereocenters. The second kappa shape index (κ2) is 6.83. The fourth-order valence-electron chi connectivity index (χ4n) is 3.41. The van der Waals surface area contributed by atoms with Crippen LogP contribution in [0, 0.1) is 0 Å². The summed E-state index contributed by atoms with van der Waals surface area (Å²) in [5, 5.41) is 9.76. The molecular formula is C20H20N4O3. The van der Waals surface area contributed by atoms with Gasteiger partial charge < -0.3 is 4.74 Å². The molecule has 27 heavy (non-hydrogen) atoms. The predicted octanol–water partition coefficient (Wildman–Crippen LogP) is 2.75. The van der Waals surface area contributed by atoms with Gasteiger partial charge in [-0.05, 0) is 41.8 Å². The quantitative estimate of drug-likeness (QED) is 0.765. The van der Waals surface area contributed by atoms with E-state index in [1.54, 1.807) is 36.4 Å². The van der Waals surface area contributed by atoms with Crippen molar-refractivity contribution in [2.75, 3.05) is 12.0 Å². The van der Waals surface area contributed by atoms with Crippen LogP contribution >= 0.6 is 0 Å². The van der Waals surface area contributed by atoms with Crippen LogP contribution in [0.15, 0.2) is 58.9 Å². The summed E-state index contributed by atoms with van der Waals surface area (Å²) >= 11 is 0. The predicted molar refractivity (Wildman–Crippen MR) is 99.3 cm³/mol. The Balaban J connectivity index is 1.55. The Labute approximate surface area is 157 Å². The van der Waals surface area contributed by atoms with Crippen molar-refractivity contribution in [3.63, 3.8) is 0 Å². The van der Waals surface area contributed by atoms with E-state index in [4.69, 9.17) is 4.74 Å². The van der Waals surface area contributed by atoms with E-state index in [0.717, 1.165) is 12.0 Å². The molecule has 2 aliphatic heterocycles. The number of rotatable bonds is 5. The topological polar surface area (TPSA) is 74.6 Å². The van der Waals surface area contributed by atoms with Gasteiger partial charge >= 0.3 is 0 Å². The lowest BCUT2D eigenvalue weighted by atomic mass is 10.1. The summed E-state index contributed by atoms with van der Waals surface area (Å²) in [4.78, 5) is 26.9. The van der Waals surface area contributed by atoms with Gasteiger partial charge in [-0.15, -0.1) is 0 Å². The molecular weight excluding hydrogens is 344 g/mol. The number of carbonyl (C=O) groups is 2. The maximum absolute atomic E-state index is 13.0. The first-order valence-corrected chi connectivity index (χ1v) is 8.89. The smallest absolute Gasteiger partial charge is 0.263 e. The van der Waals surface area contributed by atoms with Gasteiger partial charge in [-0.3, -0.25) is 14.6 Å². The van der Waals surface area contributed by atoms with Gasteiger partial charge in [0.15, 0.2) is 12.1 Å². The fraction of sp³-hybridized carbons (Fsp3) is 0.300. The van der Waals surface area contributed by atoms with Crippen LogP contribution in [0.1, 0.15) is 18.1 Å². The lowest BCUT2D eigenvalue weighted by Crippen LogP contribution is -2.39. The summed E-state index contributed by atoms with van der Waals surface area (Å²) in [5.41, 5.74) is 2.79. The zero-order valence-electron chi connectivity index (χ0n) is 15.2. The van der Waals surface area contributed by atoms with Crippen molar-refractivity contribution >= 4 is 17.5 Å². The molecule has 2 amide bonds. The Hall–Kier alpha value is -3.22. The van der Waals surface area contributed by atoms with Crippen LogP contribution in [0.2, 0.25) is 0 Å². The minimum absolute atomic E-state index is 0.301. The first-order valence-electron chi connectivity index (χ1n) is 8.89. The Morgan fingerprint density at radius 1 is 0.963 bits per heavy atom. The average molecular weight is 364 g/mol. The van der Waals surface area contributed by atoms with Gasteiger partial charge in [0.1, 0.15) is 5.75 Å². The van der Waals surface area contributed by atoms with E-state index in [1.807, 2.05) is 12.1 Å². The van der Waals surface area contributed by atoms with Crippen LogP contribution in [-0.2, 0) is 22.6 Å². The number of anilines is 1. The largest absolute Gasteiger partial charge is 0.497 e. The van der Waals surface area contributed by atoms with Crippen LogP contribution in [0.4, 0.5) is 5.69 Å². The Morgan fingerprint density at radius 3 is 2.26 bits per heavy atom. The first-order chi connectivity index (χ1) is 13.1. The van der Waals surface area contributed by atoms with Gasteiger partial charge in [-0.25, -0.2) is 4.90 Å². The van der Waals surface area contributed by atoms with Gasteiger partial charge in [0.2, 0.25) is 0 Å². The van der Waals surface area contributed by atoms with Crippen LogP contribution < -0.4 is 9.64 Å². The van der Waals surface area contributed by atoms with Crippen molar-refractivity contribution in [3.05, 3.63) is 59.7 Å². The Kier molecular flexibility index (Phi) is 4.35. The number of aryl methyl sites for hydroxylation is 1. The molecule has 0 N–H and O–H groups in total. The number of methoxy groups -OCH3 is 1. The molecule has 0 aromatic heterocycles. The van der Waals surface area contributed by atoms with E-state index in [-0.39, 0.29) is 11.8 Å². The zero-order chi connectivity index (χ0) is 19.0. The minimum Gasteiger partial charge on any atom is -0.497 e. The molecule has 7 heteroatoms. The fourth-order valence-corrected chi connectivity index (χ4v) is 3.41. The molecule has 7 nitrogen and oxygen atoms in total. The SMILES string of the molecule is CCc1ccc(CN2N=N[C@H]3C(=O)N(c4ccc(OC)cc4)C(=O)[C@@H]32)cc1. The van der Waals surface area contributed by atoms with Gasteiger partial charge in [-0.1, -0.05) is 36.4 Å². The third kappa shape index (κ3) is 2.95. The normalized spacial score (nSPS) is 21.1. The molecule has 2 aromatic rings. The summed E-state index contributed by atoms with van der Waals surface area (Å²) in [6, 6.07) is 13.5. The highest BCUT2D eigenvalue weighted by Crippen LogP contribution is 2.33. The van der Waals surface area contributed by atoms with Gasteiger partial charge in [0, 0.05) is 0 Å². The molecule has 2 heterocycles. The van der Waals surface area contributed by atoms with Crippen molar-refractivity contribution in [3.8, 4) is 5.75 Å². The van der Waals surface area contributed by atoms with E-state index in [1.165, 1.54) is 10.5 Å². The number of nitrogens with zero attached hydrogens (tertiary/aromatic N) is 4. The van der Waals surface area contributed by atoms with E-state index in [9.17, 15) is 9.59 Å². The average Bonchev–Trinajstić information content (AvgIpc) is 3.22. The highest BCUT2D eigenvalue weighted by Gasteiger charge is 2.54. The third-order valence-electron chi connectivity index (χ3n) is 4.96. The Bertz CT molecular complexity index is 892. The van der Waals surface area contributed by atoms with Crippen molar-refractivity contribution in [1.29, 1.82) is 0 Å². The van der Waals surface area contributed by atoms with Crippen LogP contribution in [-0.4, -0.2) is 36.0 Å². The molecule has 0 saturated carbocycles. The minimum atomic E-state index is -0.783. The van der Waals surface area contributed by atoms with E-state index in [2.05, 4.69) is 29.4 Å².